The van der Waals surface area contributed by atoms with Gasteiger partial charge in [0, 0.05) is 5.57 Å². The van der Waals surface area contributed by atoms with Crippen LogP contribution in [-0.4, -0.2) is 58.9 Å². The van der Waals surface area contributed by atoms with Crippen molar-refractivity contribution in [1.29, 1.82) is 0 Å². The molecule has 0 unspecified atom stereocenters. The van der Waals surface area contributed by atoms with Gasteiger partial charge in [-0.05, 0) is 64.4 Å². The third-order valence-corrected chi connectivity index (χ3v) is 9.98. The Kier molecular flexibility index (Phi) is 18.5. The smallest absolute Gasteiger partial charge is 0.334 e. The molecule has 0 aromatic rings. The average molecular weight is 607 g/mol. The molecule has 7 atom stereocenters. The number of unbranched alkanes of at least 4 members (excludes halogenated alkanes) is 16. The Morgan fingerprint density at radius 3 is 1.49 bits per heavy atom. The van der Waals surface area contributed by atoms with Gasteiger partial charge in [-0.2, -0.15) is 0 Å². The van der Waals surface area contributed by atoms with Crippen LogP contribution in [0.5, 0.6) is 0 Å². The molecule has 0 aromatic carbocycles. The highest BCUT2D eigenvalue weighted by molar-refractivity contribution is 5.90. The van der Waals surface area contributed by atoms with Crippen molar-refractivity contribution in [3.05, 3.63) is 11.6 Å². The minimum absolute atomic E-state index is 0.0466. The van der Waals surface area contributed by atoms with E-state index in [-0.39, 0.29) is 48.7 Å². The largest absolute Gasteiger partial charge is 0.455 e. The number of hydrogen-bond donors (Lipinski definition) is 2. The Hall–Kier alpha value is -0.950. The van der Waals surface area contributed by atoms with Gasteiger partial charge in [0.25, 0.3) is 0 Å². The molecule has 3 heterocycles. The van der Waals surface area contributed by atoms with E-state index in [1.807, 2.05) is 13.0 Å². The van der Waals surface area contributed by atoms with E-state index in [2.05, 4.69) is 6.92 Å². The lowest BCUT2D eigenvalue weighted by atomic mass is 10.0. The number of aliphatic hydroxyl groups excluding tert-OH is 2. The van der Waals surface area contributed by atoms with Crippen molar-refractivity contribution in [2.45, 2.75) is 217 Å². The molecule has 3 aliphatic rings. The Bertz CT molecular complexity index is 768. The van der Waals surface area contributed by atoms with Crippen LogP contribution in [0.25, 0.3) is 0 Å². The molecule has 43 heavy (non-hydrogen) atoms. The molecule has 0 spiro atoms. The maximum absolute atomic E-state index is 11.6. The molecule has 0 radical (unpaired) electrons. The summed E-state index contributed by atoms with van der Waals surface area (Å²) < 4.78 is 17.7. The number of carbonyl (C=O) groups excluding carboxylic acids is 1. The van der Waals surface area contributed by atoms with Crippen LogP contribution in [0, 0.1) is 0 Å². The van der Waals surface area contributed by atoms with Gasteiger partial charge in [-0.1, -0.05) is 116 Å². The van der Waals surface area contributed by atoms with Gasteiger partial charge in [0.2, 0.25) is 0 Å². The SMILES string of the molecule is CCCCCCCCCC[C@H](O)[C@@H]1CC[C@@H]([C@@H]2CC[C@@H]([C@@H](O)CCCCCCCCCCCCC3=C[C@@H](C)OC3=O)O2)O1. The molecular weight excluding hydrogens is 540 g/mol. The molecular formula is C37H66O6. The van der Waals surface area contributed by atoms with Gasteiger partial charge in [0.15, 0.2) is 0 Å². The predicted octanol–water partition coefficient (Wildman–Crippen LogP) is 8.89. The van der Waals surface area contributed by atoms with Crippen LogP contribution in [0.1, 0.15) is 174 Å². The maximum Gasteiger partial charge on any atom is 0.334 e. The Morgan fingerprint density at radius 1 is 0.651 bits per heavy atom. The van der Waals surface area contributed by atoms with Crippen LogP contribution in [0.15, 0.2) is 11.6 Å². The fourth-order valence-corrected chi connectivity index (χ4v) is 7.25. The lowest BCUT2D eigenvalue weighted by Crippen LogP contribution is -2.33. The van der Waals surface area contributed by atoms with E-state index in [1.165, 1.54) is 96.3 Å². The van der Waals surface area contributed by atoms with Crippen molar-refractivity contribution in [3.8, 4) is 0 Å². The topological polar surface area (TPSA) is 85.2 Å². The van der Waals surface area contributed by atoms with Gasteiger partial charge in [-0.25, -0.2) is 4.79 Å². The molecule has 3 rings (SSSR count). The summed E-state index contributed by atoms with van der Waals surface area (Å²) in [7, 11) is 0. The third kappa shape index (κ3) is 14.3. The second kappa shape index (κ2) is 21.7. The number of carbonyl (C=O) groups is 1. The van der Waals surface area contributed by atoms with Crippen molar-refractivity contribution in [2.75, 3.05) is 0 Å². The minimum atomic E-state index is -0.375. The van der Waals surface area contributed by atoms with Crippen molar-refractivity contribution >= 4 is 5.97 Å². The fourth-order valence-electron chi connectivity index (χ4n) is 7.25. The summed E-state index contributed by atoms with van der Waals surface area (Å²) in [5.74, 6) is -0.118. The lowest BCUT2D eigenvalue weighted by molar-refractivity contribution is -0.139. The normalized spacial score (nSPS) is 27.0. The molecule has 0 aliphatic carbocycles. The molecule has 2 N–H and O–H groups in total. The lowest BCUT2D eigenvalue weighted by Gasteiger charge is -2.24. The summed E-state index contributed by atoms with van der Waals surface area (Å²) in [6.07, 6.45) is 29.9. The number of ether oxygens (including phenoxy) is 3. The molecule has 6 heteroatoms. The fraction of sp³-hybridized carbons (Fsp3) is 0.919. The van der Waals surface area contributed by atoms with Crippen LogP contribution < -0.4 is 0 Å². The first-order valence-electron chi connectivity index (χ1n) is 18.6. The number of rotatable bonds is 25. The molecule has 0 saturated carbocycles. The van der Waals surface area contributed by atoms with Gasteiger partial charge >= 0.3 is 5.97 Å². The van der Waals surface area contributed by atoms with Gasteiger partial charge in [-0.15, -0.1) is 0 Å². The van der Waals surface area contributed by atoms with Crippen LogP contribution in [0.2, 0.25) is 0 Å². The maximum atomic E-state index is 11.6. The first-order chi connectivity index (χ1) is 21.0. The van der Waals surface area contributed by atoms with Crippen molar-refractivity contribution in [1.82, 2.24) is 0 Å². The molecule has 0 bridgehead atoms. The van der Waals surface area contributed by atoms with Crippen molar-refractivity contribution in [2.24, 2.45) is 0 Å². The summed E-state index contributed by atoms with van der Waals surface area (Å²) in [4.78, 5) is 11.6. The zero-order valence-corrected chi connectivity index (χ0v) is 27.8. The van der Waals surface area contributed by atoms with E-state index < -0.39 is 0 Å². The minimum Gasteiger partial charge on any atom is -0.455 e. The summed E-state index contributed by atoms with van der Waals surface area (Å²) in [6, 6.07) is 0. The standard InChI is InChI=1S/C37H66O6/c1-3-4-5-6-7-13-16-19-22-31(38)33-24-26-35(42-33)36-27-25-34(43-36)32(39)23-20-17-14-11-9-8-10-12-15-18-21-30-28-29(2)41-37(30)40/h28-29,31-36,38-39H,3-27H2,1-2H3/t29-,31+,32+,33+,34+,35+,36+/m1/s1. The molecule has 2 saturated heterocycles. The average Bonchev–Trinajstić information content (AvgIpc) is 3.75. The molecule has 2 fully saturated rings. The van der Waals surface area contributed by atoms with E-state index in [0.717, 1.165) is 69.8 Å². The van der Waals surface area contributed by atoms with Gasteiger partial charge in [0.1, 0.15) is 6.10 Å². The molecule has 0 aromatic heterocycles. The summed E-state index contributed by atoms with van der Waals surface area (Å²) in [5.41, 5.74) is 0.869. The van der Waals surface area contributed by atoms with Crippen LogP contribution in [0.3, 0.4) is 0 Å². The van der Waals surface area contributed by atoms with Gasteiger partial charge in [-0.3, -0.25) is 0 Å². The summed E-state index contributed by atoms with van der Waals surface area (Å²) in [6.45, 7) is 4.17. The predicted molar refractivity (Wildman–Crippen MR) is 174 cm³/mol. The highest BCUT2D eigenvalue weighted by atomic mass is 16.6. The van der Waals surface area contributed by atoms with E-state index in [1.54, 1.807) is 0 Å². The molecule has 250 valence electrons. The van der Waals surface area contributed by atoms with Gasteiger partial charge in [0.05, 0.1) is 36.6 Å². The highest BCUT2D eigenvalue weighted by Gasteiger charge is 2.40. The molecule has 0 amide bonds. The van der Waals surface area contributed by atoms with Crippen LogP contribution in [0.4, 0.5) is 0 Å². The Morgan fingerprint density at radius 2 is 1.07 bits per heavy atom. The Labute approximate surface area is 263 Å². The first kappa shape index (κ1) is 36.5. The number of hydrogen-bond acceptors (Lipinski definition) is 6. The first-order valence-corrected chi connectivity index (χ1v) is 18.6. The van der Waals surface area contributed by atoms with E-state index in [9.17, 15) is 15.0 Å². The number of esters is 1. The number of aliphatic hydroxyl groups is 2. The second-order valence-corrected chi connectivity index (χ2v) is 13.9. The van der Waals surface area contributed by atoms with Crippen molar-refractivity contribution in [3.63, 3.8) is 0 Å². The van der Waals surface area contributed by atoms with Crippen LogP contribution >= 0.6 is 0 Å². The number of cyclic esters (lactones) is 1. The van der Waals surface area contributed by atoms with Crippen LogP contribution in [-0.2, 0) is 19.0 Å². The Balaban J connectivity index is 1.12. The quantitative estimate of drug-likeness (QED) is 0.0797. The molecule has 6 nitrogen and oxygen atoms in total. The zero-order valence-electron chi connectivity index (χ0n) is 27.8. The summed E-state index contributed by atoms with van der Waals surface area (Å²) in [5, 5.41) is 21.4. The van der Waals surface area contributed by atoms with Crippen molar-refractivity contribution < 1.29 is 29.2 Å². The highest BCUT2D eigenvalue weighted by Crippen LogP contribution is 2.34. The monoisotopic (exact) mass is 606 g/mol. The second-order valence-electron chi connectivity index (χ2n) is 13.9. The third-order valence-electron chi connectivity index (χ3n) is 9.98. The zero-order chi connectivity index (χ0) is 30.7. The van der Waals surface area contributed by atoms with Gasteiger partial charge < -0.3 is 24.4 Å². The van der Waals surface area contributed by atoms with E-state index >= 15 is 0 Å². The van der Waals surface area contributed by atoms with E-state index in [0.29, 0.717) is 0 Å². The molecule has 3 aliphatic heterocycles. The summed E-state index contributed by atoms with van der Waals surface area (Å²) >= 11 is 0. The van der Waals surface area contributed by atoms with E-state index in [4.69, 9.17) is 14.2 Å².